The van der Waals surface area contributed by atoms with Gasteiger partial charge in [-0.3, -0.25) is 0 Å². The van der Waals surface area contributed by atoms with Crippen LogP contribution in [0.5, 0.6) is 5.75 Å². The predicted octanol–water partition coefficient (Wildman–Crippen LogP) is 3.02. The summed E-state index contributed by atoms with van der Waals surface area (Å²) < 4.78 is 36.6. The Labute approximate surface area is 80.3 Å². The molecule has 0 fully saturated rings. The quantitative estimate of drug-likeness (QED) is 0.728. The van der Waals surface area contributed by atoms with Gasteiger partial charge in [-0.05, 0) is 40.8 Å². The van der Waals surface area contributed by atoms with Crippen LogP contribution in [0, 0.1) is 3.57 Å². The van der Waals surface area contributed by atoms with Gasteiger partial charge < -0.3 is 5.11 Å². The highest BCUT2D eigenvalue weighted by Crippen LogP contribution is 2.35. The predicted molar refractivity (Wildman–Crippen MR) is 45.8 cm³/mol. The van der Waals surface area contributed by atoms with Crippen LogP contribution in [0.25, 0.3) is 0 Å². The summed E-state index contributed by atoms with van der Waals surface area (Å²) in [6.45, 7) is 0. The second-order valence-electron chi connectivity index (χ2n) is 2.16. The van der Waals surface area contributed by atoms with Gasteiger partial charge in [0.2, 0.25) is 0 Å². The molecule has 1 nitrogen and oxygen atoms in total. The minimum Gasteiger partial charge on any atom is -0.507 e. The lowest BCUT2D eigenvalue weighted by atomic mass is 10.2. The molecule has 12 heavy (non-hydrogen) atoms. The molecule has 0 heterocycles. The van der Waals surface area contributed by atoms with Crippen LogP contribution in [0.2, 0.25) is 0 Å². The van der Waals surface area contributed by atoms with E-state index in [2.05, 4.69) is 0 Å². The maximum atomic E-state index is 12.0. The van der Waals surface area contributed by atoms with Crippen LogP contribution in [0.1, 0.15) is 5.56 Å². The number of rotatable bonds is 0. The van der Waals surface area contributed by atoms with E-state index in [0.717, 1.165) is 12.1 Å². The molecule has 0 spiro atoms. The molecule has 66 valence electrons. The highest BCUT2D eigenvalue weighted by molar-refractivity contribution is 14.1. The number of hydrogen-bond acceptors (Lipinski definition) is 1. The van der Waals surface area contributed by atoms with E-state index in [0.29, 0.717) is 3.57 Å². The van der Waals surface area contributed by atoms with Crippen molar-refractivity contribution < 1.29 is 18.3 Å². The topological polar surface area (TPSA) is 20.2 Å². The Morgan fingerprint density at radius 2 is 1.83 bits per heavy atom. The molecule has 0 unspecified atom stereocenters. The molecule has 0 atom stereocenters. The molecular formula is C7H4F3IO. The van der Waals surface area contributed by atoms with Gasteiger partial charge in [0.1, 0.15) is 5.75 Å². The van der Waals surface area contributed by atoms with Gasteiger partial charge in [0, 0.05) is 3.57 Å². The van der Waals surface area contributed by atoms with E-state index in [9.17, 15) is 13.2 Å². The van der Waals surface area contributed by atoms with Gasteiger partial charge in [-0.1, -0.05) is 0 Å². The first kappa shape index (κ1) is 9.63. The molecule has 0 saturated carbocycles. The summed E-state index contributed by atoms with van der Waals surface area (Å²) in [5.41, 5.74) is -0.997. The molecule has 1 N–H and O–H groups in total. The van der Waals surface area contributed by atoms with Crippen LogP contribution in [0.4, 0.5) is 13.2 Å². The van der Waals surface area contributed by atoms with Crippen molar-refractivity contribution in [2.75, 3.05) is 0 Å². The lowest BCUT2D eigenvalue weighted by molar-refractivity contribution is -0.138. The average Bonchev–Trinajstić information content (AvgIpc) is 1.83. The largest absolute Gasteiger partial charge is 0.507 e. The molecule has 5 heteroatoms. The minimum atomic E-state index is -4.48. The Balaban J connectivity index is 3.19. The van der Waals surface area contributed by atoms with Crippen molar-refractivity contribution in [1.29, 1.82) is 0 Å². The van der Waals surface area contributed by atoms with Gasteiger partial charge in [-0.25, -0.2) is 0 Å². The number of phenols is 1. The van der Waals surface area contributed by atoms with E-state index in [-0.39, 0.29) is 0 Å². The molecule has 1 rings (SSSR count). The van der Waals surface area contributed by atoms with Crippen molar-refractivity contribution in [2.24, 2.45) is 0 Å². The van der Waals surface area contributed by atoms with Crippen LogP contribution in [0.15, 0.2) is 18.2 Å². The number of hydrogen-bond donors (Lipinski definition) is 1. The zero-order valence-corrected chi connectivity index (χ0v) is 7.85. The summed E-state index contributed by atoms with van der Waals surface area (Å²) in [6.07, 6.45) is -4.48. The Hall–Kier alpha value is -0.460. The summed E-state index contributed by atoms with van der Waals surface area (Å²) >= 11 is 1.82. The molecule has 0 aliphatic carbocycles. The fourth-order valence-corrected chi connectivity index (χ4v) is 1.22. The fraction of sp³-hybridized carbons (Fsp3) is 0.143. The zero-order valence-electron chi connectivity index (χ0n) is 5.69. The van der Waals surface area contributed by atoms with Crippen molar-refractivity contribution in [3.63, 3.8) is 0 Å². The zero-order chi connectivity index (χ0) is 9.35. The van der Waals surface area contributed by atoms with Gasteiger partial charge in [0.25, 0.3) is 0 Å². The molecule has 0 bridgehead atoms. The van der Waals surface area contributed by atoms with Crippen molar-refractivity contribution in [1.82, 2.24) is 0 Å². The summed E-state index contributed by atoms with van der Waals surface area (Å²) in [7, 11) is 0. The van der Waals surface area contributed by atoms with Crippen molar-refractivity contribution >= 4 is 22.6 Å². The first-order valence-electron chi connectivity index (χ1n) is 2.97. The van der Waals surface area contributed by atoms with Crippen LogP contribution >= 0.6 is 22.6 Å². The third kappa shape index (κ3) is 2.02. The number of aromatic hydroxyl groups is 1. The third-order valence-electron chi connectivity index (χ3n) is 1.27. The number of phenolic OH excluding ortho intramolecular Hbond substituents is 1. The number of halogens is 4. The summed E-state index contributed by atoms with van der Waals surface area (Å²) in [4.78, 5) is 0. The minimum absolute atomic E-state index is 0.568. The molecule has 0 aliphatic heterocycles. The smallest absolute Gasteiger partial charge is 0.419 e. The van der Waals surface area contributed by atoms with Crippen molar-refractivity contribution in [3.8, 4) is 5.75 Å². The molecule has 1 aromatic carbocycles. The second kappa shape index (κ2) is 3.12. The monoisotopic (exact) mass is 288 g/mol. The number of benzene rings is 1. The molecule has 0 radical (unpaired) electrons. The van der Waals surface area contributed by atoms with Crippen LogP contribution in [-0.2, 0) is 6.18 Å². The lowest BCUT2D eigenvalue weighted by Crippen LogP contribution is -2.04. The Morgan fingerprint density at radius 1 is 1.25 bits per heavy atom. The summed E-state index contributed by atoms with van der Waals surface area (Å²) in [5.74, 6) is -0.727. The van der Waals surface area contributed by atoms with E-state index < -0.39 is 17.5 Å². The van der Waals surface area contributed by atoms with E-state index >= 15 is 0 Å². The van der Waals surface area contributed by atoms with Crippen molar-refractivity contribution in [3.05, 3.63) is 27.3 Å². The summed E-state index contributed by atoms with van der Waals surface area (Å²) in [6, 6.07) is 3.23. The van der Waals surface area contributed by atoms with Gasteiger partial charge in [-0.2, -0.15) is 13.2 Å². The maximum Gasteiger partial charge on any atom is 0.419 e. The van der Waals surface area contributed by atoms with Gasteiger partial charge in [-0.15, -0.1) is 0 Å². The standard InChI is InChI=1S/C7H4F3IO/c8-7(9,10)5-2-1-4(11)3-6(5)12/h1-3,12H. The highest BCUT2D eigenvalue weighted by atomic mass is 127. The Morgan fingerprint density at radius 3 is 2.25 bits per heavy atom. The molecule has 1 aromatic rings. The first-order chi connectivity index (χ1) is 5.41. The third-order valence-corrected chi connectivity index (χ3v) is 1.94. The molecule has 0 aliphatic rings. The Bertz CT molecular complexity index is 295. The lowest BCUT2D eigenvalue weighted by Gasteiger charge is -2.08. The first-order valence-corrected chi connectivity index (χ1v) is 4.05. The average molecular weight is 288 g/mol. The number of alkyl halides is 3. The van der Waals surface area contributed by atoms with Crippen LogP contribution in [-0.4, -0.2) is 5.11 Å². The van der Waals surface area contributed by atoms with Gasteiger partial charge in [0.05, 0.1) is 5.56 Å². The SMILES string of the molecule is Oc1cc(I)ccc1C(F)(F)F. The van der Waals surface area contributed by atoms with E-state index in [1.165, 1.54) is 6.07 Å². The van der Waals surface area contributed by atoms with Gasteiger partial charge >= 0.3 is 6.18 Å². The second-order valence-corrected chi connectivity index (χ2v) is 3.40. The molecular weight excluding hydrogens is 284 g/mol. The maximum absolute atomic E-state index is 12.0. The van der Waals surface area contributed by atoms with Crippen LogP contribution in [0.3, 0.4) is 0 Å². The van der Waals surface area contributed by atoms with Crippen LogP contribution < -0.4 is 0 Å². The van der Waals surface area contributed by atoms with Crippen molar-refractivity contribution in [2.45, 2.75) is 6.18 Å². The fourth-order valence-electron chi connectivity index (χ4n) is 0.745. The van der Waals surface area contributed by atoms with E-state index in [4.69, 9.17) is 5.11 Å². The van der Waals surface area contributed by atoms with E-state index in [1.54, 1.807) is 0 Å². The highest BCUT2D eigenvalue weighted by Gasteiger charge is 2.33. The summed E-state index contributed by atoms with van der Waals surface area (Å²) in [5, 5.41) is 8.90. The Kier molecular flexibility index (Phi) is 2.50. The molecule has 0 aromatic heterocycles. The van der Waals surface area contributed by atoms with Gasteiger partial charge in [0.15, 0.2) is 0 Å². The normalized spacial score (nSPS) is 11.7. The molecule has 0 amide bonds. The van der Waals surface area contributed by atoms with E-state index in [1.807, 2.05) is 22.6 Å². The molecule has 0 saturated heterocycles.